The summed E-state index contributed by atoms with van der Waals surface area (Å²) in [5, 5.41) is 3.44. The quantitative estimate of drug-likeness (QED) is 0.759. The van der Waals surface area contributed by atoms with Crippen LogP contribution in [0.25, 0.3) is 11.0 Å². The number of anilines is 1. The Kier molecular flexibility index (Phi) is 4.71. The van der Waals surface area contributed by atoms with Crippen molar-refractivity contribution in [2.24, 2.45) is 0 Å². The number of nitrogens with zero attached hydrogens (tertiary/aromatic N) is 3. The van der Waals surface area contributed by atoms with Crippen LogP contribution >= 0.6 is 0 Å². The molecule has 0 bridgehead atoms. The monoisotopic (exact) mass is 376 g/mol. The second-order valence-electron chi connectivity index (χ2n) is 7.56. The maximum absolute atomic E-state index is 13.0. The summed E-state index contributed by atoms with van der Waals surface area (Å²) < 4.78 is 1.39. The molecule has 2 heterocycles. The Morgan fingerprint density at radius 1 is 1.18 bits per heavy atom. The summed E-state index contributed by atoms with van der Waals surface area (Å²) in [6, 6.07) is 7.09. The summed E-state index contributed by atoms with van der Waals surface area (Å²) in [6.45, 7) is 5.61. The third kappa shape index (κ3) is 3.19. The van der Waals surface area contributed by atoms with Crippen LogP contribution in [0.4, 0.5) is 5.69 Å². The van der Waals surface area contributed by atoms with Gasteiger partial charge in [-0.25, -0.2) is 9.97 Å². The van der Waals surface area contributed by atoms with E-state index in [1.165, 1.54) is 10.9 Å². The lowest BCUT2D eigenvalue weighted by Crippen LogP contribution is -2.32. The van der Waals surface area contributed by atoms with Gasteiger partial charge in [-0.1, -0.05) is 18.2 Å². The molecule has 1 unspecified atom stereocenters. The Hall–Kier alpha value is -3.02. The van der Waals surface area contributed by atoms with Crippen molar-refractivity contribution in [2.45, 2.75) is 52.5 Å². The van der Waals surface area contributed by atoms with Crippen molar-refractivity contribution in [1.29, 1.82) is 0 Å². The minimum Gasteiger partial charge on any atom is -0.324 e. The van der Waals surface area contributed by atoms with E-state index in [2.05, 4.69) is 15.3 Å². The molecule has 1 amide bonds. The molecule has 1 aliphatic rings. The normalized spacial score (nSPS) is 14.5. The van der Waals surface area contributed by atoms with Gasteiger partial charge in [-0.15, -0.1) is 0 Å². The number of hydrogen-bond donors (Lipinski definition) is 1. The molecular formula is C22H24N4O2. The second-order valence-corrected chi connectivity index (χ2v) is 7.56. The molecule has 0 radical (unpaired) electrons. The topological polar surface area (TPSA) is 76.9 Å². The van der Waals surface area contributed by atoms with Crippen LogP contribution < -0.4 is 10.9 Å². The summed E-state index contributed by atoms with van der Waals surface area (Å²) >= 11 is 0. The molecule has 0 aliphatic heterocycles. The van der Waals surface area contributed by atoms with Gasteiger partial charge < -0.3 is 5.32 Å². The summed E-state index contributed by atoms with van der Waals surface area (Å²) in [5.41, 5.74) is 5.17. The molecule has 3 aromatic rings. The highest BCUT2D eigenvalue weighted by Crippen LogP contribution is 2.23. The van der Waals surface area contributed by atoms with E-state index in [4.69, 9.17) is 0 Å². The first kappa shape index (κ1) is 18.3. The maximum atomic E-state index is 13.0. The van der Waals surface area contributed by atoms with Crippen molar-refractivity contribution in [1.82, 2.24) is 14.5 Å². The average Bonchev–Trinajstić information content (AvgIpc) is 2.69. The van der Waals surface area contributed by atoms with Gasteiger partial charge >= 0.3 is 0 Å². The molecule has 6 heteroatoms. The van der Waals surface area contributed by atoms with E-state index in [0.717, 1.165) is 53.8 Å². The van der Waals surface area contributed by atoms with E-state index in [0.29, 0.717) is 11.0 Å². The zero-order valence-corrected chi connectivity index (χ0v) is 16.5. The summed E-state index contributed by atoms with van der Waals surface area (Å²) in [7, 11) is 0. The van der Waals surface area contributed by atoms with Gasteiger partial charge in [0, 0.05) is 11.4 Å². The standard InChI is InChI=1S/C22H24N4O2/c1-13-7-6-8-14(2)19(13)25-21(27)15(3)26-12-23-20-17(22(26)28)11-16-9-4-5-10-18(16)24-20/h6-8,11-12,15H,4-5,9-10H2,1-3H3,(H,25,27). The summed E-state index contributed by atoms with van der Waals surface area (Å²) in [4.78, 5) is 34.8. The van der Waals surface area contributed by atoms with Gasteiger partial charge in [-0.2, -0.15) is 0 Å². The molecule has 1 aliphatic carbocycles. The summed E-state index contributed by atoms with van der Waals surface area (Å²) in [6.07, 6.45) is 5.54. The van der Waals surface area contributed by atoms with Crippen LogP contribution in [0.3, 0.4) is 0 Å². The lowest BCUT2D eigenvalue weighted by atomic mass is 9.95. The first-order valence-electron chi connectivity index (χ1n) is 9.72. The molecule has 0 spiro atoms. The molecule has 4 rings (SSSR count). The number of carbonyl (C=O) groups excluding carboxylic acids is 1. The van der Waals surface area contributed by atoms with Crippen molar-refractivity contribution < 1.29 is 4.79 Å². The van der Waals surface area contributed by atoms with E-state index in [-0.39, 0.29) is 11.5 Å². The minimum absolute atomic E-state index is 0.227. The fraction of sp³-hybridized carbons (Fsp3) is 0.364. The van der Waals surface area contributed by atoms with Crippen molar-refractivity contribution in [3.63, 3.8) is 0 Å². The average molecular weight is 376 g/mol. The number of para-hydroxylation sites is 1. The van der Waals surface area contributed by atoms with E-state index in [1.807, 2.05) is 38.1 Å². The number of amides is 1. The van der Waals surface area contributed by atoms with Crippen LogP contribution in [0.2, 0.25) is 0 Å². The van der Waals surface area contributed by atoms with Gasteiger partial charge in [0.2, 0.25) is 5.91 Å². The summed E-state index contributed by atoms with van der Waals surface area (Å²) in [5.74, 6) is -0.244. The van der Waals surface area contributed by atoms with Gasteiger partial charge in [0.05, 0.1) is 5.39 Å². The number of hydrogen-bond acceptors (Lipinski definition) is 4. The van der Waals surface area contributed by atoms with Crippen LogP contribution in [-0.4, -0.2) is 20.4 Å². The Bertz CT molecular complexity index is 1110. The fourth-order valence-corrected chi connectivity index (χ4v) is 3.83. The Morgan fingerprint density at radius 3 is 2.64 bits per heavy atom. The van der Waals surface area contributed by atoms with Gasteiger partial charge in [0.1, 0.15) is 12.4 Å². The first-order chi connectivity index (χ1) is 13.5. The third-order valence-electron chi connectivity index (χ3n) is 5.58. The predicted molar refractivity (Wildman–Crippen MR) is 110 cm³/mol. The number of aryl methyl sites for hydroxylation is 4. The first-order valence-corrected chi connectivity index (χ1v) is 9.72. The third-order valence-corrected chi connectivity index (χ3v) is 5.58. The Morgan fingerprint density at radius 2 is 1.89 bits per heavy atom. The molecule has 144 valence electrons. The lowest BCUT2D eigenvalue weighted by molar-refractivity contribution is -0.118. The highest BCUT2D eigenvalue weighted by Gasteiger charge is 2.21. The molecule has 0 saturated heterocycles. The molecule has 28 heavy (non-hydrogen) atoms. The number of aromatic nitrogens is 3. The number of nitrogens with one attached hydrogen (secondary N) is 1. The Labute approximate surface area is 163 Å². The van der Waals surface area contributed by atoms with Crippen LogP contribution in [0.5, 0.6) is 0 Å². The minimum atomic E-state index is -0.681. The fourth-order valence-electron chi connectivity index (χ4n) is 3.83. The van der Waals surface area contributed by atoms with Crippen LogP contribution in [0, 0.1) is 13.8 Å². The molecule has 1 atom stereocenters. The largest absolute Gasteiger partial charge is 0.324 e. The zero-order valence-electron chi connectivity index (χ0n) is 16.5. The molecule has 0 saturated carbocycles. The highest BCUT2D eigenvalue weighted by atomic mass is 16.2. The van der Waals surface area contributed by atoms with E-state index in [1.54, 1.807) is 6.92 Å². The molecule has 1 aromatic carbocycles. The predicted octanol–water partition coefficient (Wildman–Crippen LogP) is 3.49. The van der Waals surface area contributed by atoms with Gasteiger partial charge in [0.25, 0.3) is 5.56 Å². The van der Waals surface area contributed by atoms with E-state index < -0.39 is 6.04 Å². The van der Waals surface area contributed by atoms with Crippen molar-refractivity contribution >= 4 is 22.6 Å². The second kappa shape index (κ2) is 7.19. The number of fused-ring (bicyclic) bond motifs is 2. The molecule has 1 N–H and O–H groups in total. The SMILES string of the molecule is Cc1cccc(C)c1NC(=O)C(C)n1cnc2nc3c(cc2c1=O)CCCC3. The molecular weight excluding hydrogens is 352 g/mol. The van der Waals surface area contributed by atoms with Crippen LogP contribution in [-0.2, 0) is 17.6 Å². The van der Waals surface area contributed by atoms with Crippen LogP contribution in [0.15, 0.2) is 35.4 Å². The van der Waals surface area contributed by atoms with Gasteiger partial charge in [0.15, 0.2) is 5.65 Å². The van der Waals surface area contributed by atoms with Crippen molar-refractivity contribution in [3.8, 4) is 0 Å². The number of rotatable bonds is 3. The number of benzene rings is 1. The highest BCUT2D eigenvalue weighted by molar-refractivity contribution is 5.95. The number of carbonyl (C=O) groups is 1. The Balaban J connectivity index is 1.69. The van der Waals surface area contributed by atoms with Crippen molar-refractivity contribution in [2.75, 3.05) is 5.32 Å². The van der Waals surface area contributed by atoms with E-state index >= 15 is 0 Å². The van der Waals surface area contributed by atoms with E-state index in [9.17, 15) is 9.59 Å². The lowest BCUT2D eigenvalue weighted by Gasteiger charge is -2.18. The van der Waals surface area contributed by atoms with Crippen molar-refractivity contribution in [3.05, 3.63) is 63.3 Å². The van der Waals surface area contributed by atoms with Gasteiger partial charge in [-0.05, 0) is 69.2 Å². The van der Waals surface area contributed by atoms with Gasteiger partial charge in [-0.3, -0.25) is 14.2 Å². The maximum Gasteiger partial charge on any atom is 0.263 e. The molecule has 0 fully saturated rings. The smallest absolute Gasteiger partial charge is 0.263 e. The molecule has 2 aromatic heterocycles. The molecule has 6 nitrogen and oxygen atoms in total. The van der Waals surface area contributed by atoms with Crippen LogP contribution in [0.1, 0.15) is 48.2 Å². The zero-order chi connectivity index (χ0) is 19.8. The number of pyridine rings is 1.